The maximum atomic E-state index is 12.7. The fourth-order valence-electron chi connectivity index (χ4n) is 6.86. The van der Waals surface area contributed by atoms with E-state index in [1.807, 2.05) is 0 Å². The highest BCUT2D eigenvalue weighted by Crippen LogP contribution is 2.43. The van der Waals surface area contributed by atoms with Crippen LogP contribution in [0.15, 0.2) is 122 Å². The van der Waals surface area contributed by atoms with E-state index in [1.165, 1.54) is 38.5 Å². The van der Waals surface area contributed by atoms with Crippen molar-refractivity contribution in [3.05, 3.63) is 122 Å². The molecule has 0 aromatic heterocycles. The number of carbonyl (C=O) groups excluding carboxylic acids is 2. The lowest BCUT2D eigenvalue weighted by atomic mass is 10.1. The molecule has 0 saturated carbocycles. The average molecular weight is 980 g/mol. The molecular formula is C59H98NO8P. The molecule has 0 fully saturated rings. The Bertz CT molecular complexity index is 1540. The van der Waals surface area contributed by atoms with Gasteiger partial charge in [0.25, 0.3) is 0 Å². The molecule has 0 aromatic rings. The van der Waals surface area contributed by atoms with E-state index < -0.39 is 32.5 Å². The first-order valence-electron chi connectivity index (χ1n) is 27.0. The fraction of sp³-hybridized carbons (Fsp3) is 0.627. The molecule has 9 nitrogen and oxygen atoms in total. The van der Waals surface area contributed by atoms with E-state index in [4.69, 9.17) is 24.3 Å². The van der Waals surface area contributed by atoms with Crippen LogP contribution in [0.5, 0.6) is 0 Å². The molecule has 2 unspecified atom stereocenters. The number of hydrogen-bond acceptors (Lipinski definition) is 8. The van der Waals surface area contributed by atoms with Gasteiger partial charge in [-0.2, -0.15) is 0 Å². The van der Waals surface area contributed by atoms with Gasteiger partial charge in [-0.05, 0) is 109 Å². The van der Waals surface area contributed by atoms with Gasteiger partial charge in [-0.25, -0.2) is 4.57 Å². The molecule has 69 heavy (non-hydrogen) atoms. The van der Waals surface area contributed by atoms with Crippen molar-refractivity contribution in [2.75, 3.05) is 26.4 Å². The second kappa shape index (κ2) is 53.8. The molecule has 0 radical (unpaired) electrons. The largest absolute Gasteiger partial charge is 0.472 e. The van der Waals surface area contributed by atoms with Crippen LogP contribution in [-0.2, 0) is 32.7 Å². The Morgan fingerprint density at radius 1 is 0.449 bits per heavy atom. The zero-order chi connectivity index (χ0) is 50.2. The molecule has 10 heteroatoms. The van der Waals surface area contributed by atoms with Crippen LogP contribution in [-0.4, -0.2) is 49.3 Å². The predicted molar refractivity (Wildman–Crippen MR) is 293 cm³/mol. The topological polar surface area (TPSA) is 134 Å². The maximum Gasteiger partial charge on any atom is 0.472 e. The van der Waals surface area contributed by atoms with Gasteiger partial charge in [-0.15, -0.1) is 0 Å². The zero-order valence-corrected chi connectivity index (χ0v) is 44.4. The summed E-state index contributed by atoms with van der Waals surface area (Å²) >= 11 is 0. The second-order valence-corrected chi connectivity index (χ2v) is 18.8. The van der Waals surface area contributed by atoms with Crippen molar-refractivity contribution in [1.29, 1.82) is 0 Å². The summed E-state index contributed by atoms with van der Waals surface area (Å²) in [6.45, 7) is 3.55. The molecule has 0 amide bonds. The molecule has 0 spiro atoms. The van der Waals surface area contributed by atoms with Crippen LogP contribution in [0.3, 0.4) is 0 Å². The lowest BCUT2D eigenvalue weighted by molar-refractivity contribution is -0.161. The van der Waals surface area contributed by atoms with Crippen molar-refractivity contribution >= 4 is 19.8 Å². The molecular weight excluding hydrogens is 882 g/mol. The van der Waals surface area contributed by atoms with E-state index in [2.05, 4.69) is 135 Å². The van der Waals surface area contributed by atoms with Crippen LogP contribution in [0.25, 0.3) is 0 Å². The smallest absolute Gasteiger partial charge is 0.462 e. The van der Waals surface area contributed by atoms with Crippen LogP contribution >= 0.6 is 7.82 Å². The Labute approximate surface area is 421 Å². The normalized spacial score (nSPS) is 14.1. The number of unbranched alkanes of at least 4 members (excludes halogenated alkanes) is 16. The van der Waals surface area contributed by atoms with E-state index in [-0.39, 0.29) is 32.6 Å². The monoisotopic (exact) mass is 980 g/mol. The molecule has 0 saturated heterocycles. The number of esters is 2. The molecule has 0 bridgehead atoms. The van der Waals surface area contributed by atoms with Crippen LogP contribution in [0.4, 0.5) is 0 Å². The standard InChI is InChI=1S/C59H98NO8P/c1-3-5-7-9-11-13-15-17-19-21-23-24-25-26-27-28-29-30-31-32-34-36-38-40-42-44-46-48-50-52-59(62)68-57(56-67-69(63,64)66-54-53-60)55-65-58(61)51-49-47-45-43-41-39-37-35-33-22-20-18-16-14-12-10-8-6-4-2/h5,7,11-14,17-20,23-24,26-27,29-30,32-35,57H,3-4,6,8-10,15-16,21-22,25,28,31,36-56,60H2,1-2H3,(H,63,64)/b7-5-,13-11-,14-12-,19-17-,20-18-,24-23-,27-26-,30-29-,34-32-,35-33-. The molecule has 0 aliphatic carbocycles. The number of phosphoric ester groups is 1. The third-order valence-corrected chi connectivity index (χ3v) is 11.8. The van der Waals surface area contributed by atoms with E-state index in [1.54, 1.807) is 0 Å². The summed E-state index contributed by atoms with van der Waals surface area (Å²) in [6, 6.07) is 0. The Balaban J connectivity index is 4.11. The minimum Gasteiger partial charge on any atom is -0.462 e. The summed E-state index contributed by atoms with van der Waals surface area (Å²) in [5.74, 6) is -0.864. The first-order chi connectivity index (χ1) is 33.8. The lowest BCUT2D eigenvalue weighted by Crippen LogP contribution is -2.29. The summed E-state index contributed by atoms with van der Waals surface area (Å²) in [5.41, 5.74) is 5.37. The predicted octanol–water partition coefficient (Wildman–Crippen LogP) is 16.8. The number of allylic oxidation sites excluding steroid dienone is 20. The number of hydrogen-bond donors (Lipinski definition) is 2. The van der Waals surface area contributed by atoms with Crippen LogP contribution in [0.2, 0.25) is 0 Å². The third-order valence-electron chi connectivity index (χ3n) is 10.8. The highest BCUT2D eigenvalue weighted by Gasteiger charge is 2.26. The SMILES string of the molecule is CC/C=C\C/C=C\C/C=C\C/C=C\C/C=C\C/C=C\C/C=C\CCCCCCCCCC(=O)OC(COC(=O)CCCCCCCC/C=C\C/C=C\C/C=C\CCCCC)COP(=O)(O)OCCN. The molecule has 392 valence electrons. The first kappa shape index (κ1) is 65.4. The number of phosphoric acid groups is 1. The highest BCUT2D eigenvalue weighted by atomic mass is 31.2. The number of carbonyl (C=O) groups is 2. The first-order valence-corrected chi connectivity index (χ1v) is 28.5. The van der Waals surface area contributed by atoms with Gasteiger partial charge in [-0.3, -0.25) is 18.6 Å². The van der Waals surface area contributed by atoms with Crippen molar-refractivity contribution in [2.45, 2.75) is 213 Å². The van der Waals surface area contributed by atoms with Crippen molar-refractivity contribution in [1.82, 2.24) is 0 Å². The van der Waals surface area contributed by atoms with Crippen LogP contribution in [0.1, 0.15) is 206 Å². The van der Waals surface area contributed by atoms with Gasteiger partial charge in [0.1, 0.15) is 6.61 Å². The van der Waals surface area contributed by atoms with Crippen molar-refractivity contribution in [3.63, 3.8) is 0 Å². The minimum absolute atomic E-state index is 0.0425. The van der Waals surface area contributed by atoms with Gasteiger partial charge in [0.2, 0.25) is 0 Å². The molecule has 0 aliphatic rings. The van der Waals surface area contributed by atoms with Crippen LogP contribution in [0, 0.1) is 0 Å². The Hall–Kier alpha value is -3.59. The molecule has 0 heterocycles. The molecule has 0 rings (SSSR count). The van der Waals surface area contributed by atoms with Crippen molar-refractivity contribution in [2.24, 2.45) is 5.73 Å². The second-order valence-electron chi connectivity index (χ2n) is 17.4. The number of nitrogens with two attached hydrogens (primary N) is 1. The molecule has 0 aliphatic heterocycles. The van der Waals surface area contributed by atoms with Crippen molar-refractivity contribution < 1.29 is 37.6 Å². The van der Waals surface area contributed by atoms with Crippen LogP contribution < -0.4 is 5.73 Å². The number of ether oxygens (including phenoxy) is 2. The van der Waals surface area contributed by atoms with E-state index in [0.29, 0.717) is 12.8 Å². The van der Waals surface area contributed by atoms with Gasteiger partial charge in [0, 0.05) is 19.4 Å². The van der Waals surface area contributed by atoms with E-state index in [9.17, 15) is 19.0 Å². The summed E-state index contributed by atoms with van der Waals surface area (Å²) in [6.07, 6.45) is 73.7. The zero-order valence-electron chi connectivity index (χ0n) is 43.5. The summed E-state index contributed by atoms with van der Waals surface area (Å²) < 4.78 is 33.0. The average Bonchev–Trinajstić information content (AvgIpc) is 3.34. The summed E-state index contributed by atoms with van der Waals surface area (Å²) in [7, 11) is -4.40. The third kappa shape index (κ3) is 53.6. The quantitative estimate of drug-likeness (QED) is 0.0264. The molecule has 2 atom stereocenters. The van der Waals surface area contributed by atoms with Gasteiger partial charge in [0.05, 0.1) is 13.2 Å². The summed E-state index contributed by atoms with van der Waals surface area (Å²) in [4.78, 5) is 35.1. The fourth-order valence-corrected chi connectivity index (χ4v) is 7.62. The van der Waals surface area contributed by atoms with Gasteiger partial charge >= 0.3 is 19.8 Å². The Morgan fingerprint density at radius 3 is 1.19 bits per heavy atom. The number of rotatable bonds is 49. The highest BCUT2D eigenvalue weighted by molar-refractivity contribution is 7.47. The van der Waals surface area contributed by atoms with Crippen molar-refractivity contribution in [3.8, 4) is 0 Å². The van der Waals surface area contributed by atoms with Gasteiger partial charge in [-0.1, -0.05) is 206 Å². The molecule has 3 N–H and O–H groups in total. The Kier molecular flexibility index (Phi) is 51.0. The lowest BCUT2D eigenvalue weighted by Gasteiger charge is -2.19. The minimum atomic E-state index is -4.40. The Morgan fingerprint density at radius 2 is 0.797 bits per heavy atom. The van der Waals surface area contributed by atoms with E-state index >= 15 is 0 Å². The van der Waals surface area contributed by atoms with Gasteiger partial charge in [0.15, 0.2) is 6.10 Å². The molecule has 0 aromatic carbocycles. The van der Waals surface area contributed by atoms with E-state index in [0.717, 1.165) is 128 Å². The summed E-state index contributed by atoms with van der Waals surface area (Å²) in [5, 5.41) is 0. The van der Waals surface area contributed by atoms with Gasteiger partial charge < -0.3 is 20.1 Å². The maximum absolute atomic E-state index is 12.7.